The maximum absolute atomic E-state index is 12.4. The van der Waals surface area contributed by atoms with E-state index >= 15 is 0 Å². The lowest BCUT2D eigenvalue weighted by Crippen LogP contribution is -2.29. The Balaban J connectivity index is 1.70. The molecule has 4 rings (SSSR count). The minimum atomic E-state index is -0.380. The van der Waals surface area contributed by atoms with Crippen molar-refractivity contribution in [2.24, 2.45) is 0 Å². The highest BCUT2D eigenvalue weighted by molar-refractivity contribution is 5.82. The fourth-order valence-corrected chi connectivity index (χ4v) is 3.71. The fraction of sp³-hybridized carbons (Fsp3) is 0.292. The third-order valence-corrected chi connectivity index (χ3v) is 5.49. The number of ether oxygens (including phenoxy) is 1. The number of para-hydroxylation sites is 1. The van der Waals surface area contributed by atoms with E-state index in [4.69, 9.17) is 9.15 Å². The predicted octanol–water partition coefficient (Wildman–Crippen LogP) is 3.29. The average molecular weight is 419 g/mol. The van der Waals surface area contributed by atoms with Crippen molar-refractivity contribution in [3.05, 3.63) is 85.8 Å². The van der Waals surface area contributed by atoms with Crippen molar-refractivity contribution in [2.75, 3.05) is 20.3 Å². The number of aromatic nitrogens is 2. The molecule has 31 heavy (non-hydrogen) atoms. The number of fused-ring (bicyclic) bond motifs is 2. The normalized spacial score (nSPS) is 11.6. The molecule has 0 aliphatic carbocycles. The summed E-state index contributed by atoms with van der Waals surface area (Å²) < 4.78 is 10.7. The Bertz CT molecular complexity index is 1360. The molecule has 0 fully saturated rings. The number of aryl methyl sites for hydroxylation is 2. The van der Waals surface area contributed by atoms with Crippen molar-refractivity contribution < 1.29 is 9.15 Å². The Morgan fingerprint density at radius 2 is 1.81 bits per heavy atom. The molecular weight excluding hydrogens is 394 g/mol. The van der Waals surface area contributed by atoms with Gasteiger partial charge in [0.2, 0.25) is 0 Å². The van der Waals surface area contributed by atoms with Crippen molar-refractivity contribution in [3.63, 3.8) is 0 Å². The van der Waals surface area contributed by atoms with Gasteiger partial charge in [-0.2, -0.15) is 0 Å². The minimum absolute atomic E-state index is 0.163. The van der Waals surface area contributed by atoms with Crippen molar-refractivity contribution in [3.8, 4) is 0 Å². The number of benzene rings is 2. The zero-order valence-corrected chi connectivity index (χ0v) is 17.9. The molecule has 160 valence electrons. The molecule has 2 aromatic heterocycles. The number of nitrogens with one attached hydrogen (secondary N) is 1. The van der Waals surface area contributed by atoms with Crippen LogP contribution in [0.25, 0.3) is 21.9 Å². The van der Waals surface area contributed by atoms with Gasteiger partial charge in [-0.15, -0.1) is 0 Å². The number of aromatic amines is 1. The van der Waals surface area contributed by atoms with Crippen molar-refractivity contribution in [2.45, 2.75) is 26.9 Å². The number of hydrogen-bond acceptors (Lipinski definition) is 6. The van der Waals surface area contributed by atoms with Crippen LogP contribution in [0.15, 0.2) is 56.5 Å². The summed E-state index contributed by atoms with van der Waals surface area (Å²) in [7, 11) is 1.65. The molecular formula is C24H25N3O4. The first-order valence-electron chi connectivity index (χ1n) is 10.2. The minimum Gasteiger partial charge on any atom is -0.423 e. The highest BCUT2D eigenvalue weighted by atomic mass is 16.5. The summed E-state index contributed by atoms with van der Waals surface area (Å²) in [4.78, 5) is 34.2. The average Bonchev–Trinajstić information content (AvgIpc) is 2.73. The van der Waals surface area contributed by atoms with E-state index in [1.807, 2.05) is 44.2 Å². The zero-order valence-electron chi connectivity index (χ0n) is 17.9. The number of methoxy groups -OCH3 is 1. The summed E-state index contributed by atoms with van der Waals surface area (Å²) in [6, 6.07) is 12.8. The number of rotatable bonds is 7. The topological polar surface area (TPSA) is 88.4 Å². The van der Waals surface area contributed by atoms with Gasteiger partial charge in [-0.05, 0) is 54.8 Å². The third-order valence-electron chi connectivity index (χ3n) is 5.49. The van der Waals surface area contributed by atoms with Crippen LogP contribution in [0, 0.1) is 13.8 Å². The number of H-pyrrole nitrogens is 1. The molecule has 0 spiro atoms. The van der Waals surface area contributed by atoms with E-state index in [-0.39, 0.29) is 11.2 Å². The van der Waals surface area contributed by atoms with Crippen molar-refractivity contribution >= 4 is 21.9 Å². The summed E-state index contributed by atoms with van der Waals surface area (Å²) in [6.45, 7) is 6.06. The van der Waals surface area contributed by atoms with Gasteiger partial charge in [0.05, 0.1) is 24.1 Å². The van der Waals surface area contributed by atoms with Crippen LogP contribution < -0.4 is 11.2 Å². The molecule has 0 aliphatic heterocycles. The molecule has 1 N–H and O–H groups in total. The standard InChI is InChI=1S/C24H25N3O4/c1-15-10-19-17(12-23(28)31-21(19)11-16(15)2)13-27(8-9-30-3)14-22-25-20-7-5-4-6-18(20)24(29)26-22/h4-7,10-12H,8-9,13-14H2,1-3H3,(H,25,26,29). The molecule has 0 radical (unpaired) electrons. The Morgan fingerprint density at radius 1 is 1.03 bits per heavy atom. The van der Waals surface area contributed by atoms with E-state index in [0.29, 0.717) is 48.6 Å². The Labute approximate surface area is 179 Å². The highest BCUT2D eigenvalue weighted by Gasteiger charge is 2.14. The van der Waals surface area contributed by atoms with Gasteiger partial charge in [0.1, 0.15) is 11.4 Å². The zero-order chi connectivity index (χ0) is 22.0. The molecule has 0 unspecified atom stereocenters. The first-order chi connectivity index (χ1) is 14.9. The lowest BCUT2D eigenvalue weighted by molar-refractivity contribution is 0.138. The molecule has 0 bridgehead atoms. The van der Waals surface area contributed by atoms with E-state index in [0.717, 1.165) is 22.1 Å². The lowest BCUT2D eigenvalue weighted by Gasteiger charge is -2.22. The van der Waals surface area contributed by atoms with Gasteiger partial charge in [0, 0.05) is 31.7 Å². The van der Waals surface area contributed by atoms with Gasteiger partial charge in [0.15, 0.2) is 0 Å². The lowest BCUT2D eigenvalue weighted by atomic mass is 10.0. The van der Waals surface area contributed by atoms with Crippen LogP contribution in [0.3, 0.4) is 0 Å². The van der Waals surface area contributed by atoms with Gasteiger partial charge in [-0.3, -0.25) is 9.69 Å². The van der Waals surface area contributed by atoms with Gasteiger partial charge in [-0.1, -0.05) is 12.1 Å². The maximum atomic E-state index is 12.4. The fourth-order valence-electron chi connectivity index (χ4n) is 3.71. The summed E-state index contributed by atoms with van der Waals surface area (Å²) in [5.74, 6) is 0.569. The second-order valence-electron chi connectivity index (χ2n) is 7.76. The van der Waals surface area contributed by atoms with Crippen LogP contribution >= 0.6 is 0 Å². The molecule has 0 atom stereocenters. The van der Waals surface area contributed by atoms with Crippen molar-refractivity contribution in [1.82, 2.24) is 14.9 Å². The van der Waals surface area contributed by atoms with E-state index in [1.165, 1.54) is 6.07 Å². The number of hydrogen-bond donors (Lipinski definition) is 1. The molecule has 0 saturated heterocycles. The molecule has 2 aromatic carbocycles. The molecule has 2 heterocycles. The van der Waals surface area contributed by atoms with Gasteiger partial charge in [0.25, 0.3) is 5.56 Å². The molecule has 7 heteroatoms. The van der Waals surface area contributed by atoms with E-state index in [2.05, 4.69) is 14.9 Å². The van der Waals surface area contributed by atoms with E-state index < -0.39 is 0 Å². The Kier molecular flexibility index (Phi) is 5.97. The van der Waals surface area contributed by atoms with Crippen LogP contribution in [-0.4, -0.2) is 35.1 Å². The van der Waals surface area contributed by atoms with E-state index in [1.54, 1.807) is 13.2 Å². The summed E-state index contributed by atoms with van der Waals surface area (Å²) in [5.41, 5.74) is 3.76. The van der Waals surface area contributed by atoms with Crippen LogP contribution in [0.1, 0.15) is 22.5 Å². The summed E-state index contributed by atoms with van der Waals surface area (Å²) >= 11 is 0. The number of nitrogens with zero attached hydrogens (tertiary/aromatic N) is 2. The largest absolute Gasteiger partial charge is 0.423 e. The smallest absolute Gasteiger partial charge is 0.336 e. The Morgan fingerprint density at radius 3 is 2.61 bits per heavy atom. The first-order valence-corrected chi connectivity index (χ1v) is 10.2. The van der Waals surface area contributed by atoms with Gasteiger partial charge >= 0.3 is 5.63 Å². The van der Waals surface area contributed by atoms with Gasteiger partial charge < -0.3 is 14.1 Å². The van der Waals surface area contributed by atoms with Gasteiger partial charge in [-0.25, -0.2) is 9.78 Å². The maximum Gasteiger partial charge on any atom is 0.336 e. The first kappa shape index (κ1) is 21.0. The Hall–Kier alpha value is -3.29. The predicted molar refractivity (Wildman–Crippen MR) is 120 cm³/mol. The molecule has 7 nitrogen and oxygen atoms in total. The van der Waals surface area contributed by atoms with E-state index in [9.17, 15) is 9.59 Å². The summed E-state index contributed by atoms with van der Waals surface area (Å²) in [6.07, 6.45) is 0. The van der Waals surface area contributed by atoms with Crippen LogP contribution in [0.4, 0.5) is 0 Å². The second-order valence-corrected chi connectivity index (χ2v) is 7.76. The summed E-state index contributed by atoms with van der Waals surface area (Å²) in [5, 5.41) is 1.47. The van der Waals surface area contributed by atoms with Crippen LogP contribution in [-0.2, 0) is 17.8 Å². The molecule has 0 aliphatic rings. The second kappa shape index (κ2) is 8.83. The van der Waals surface area contributed by atoms with Crippen LogP contribution in [0.2, 0.25) is 0 Å². The monoisotopic (exact) mass is 419 g/mol. The molecule has 0 saturated carbocycles. The quantitative estimate of drug-likeness (QED) is 0.463. The third kappa shape index (κ3) is 4.57. The molecule has 0 amide bonds. The molecule has 4 aromatic rings. The van der Waals surface area contributed by atoms with Crippen molar-refractivity contribution in [1.29, 1.82) is 0 Å². The SMILES string of the molecule is COCCN(Cc1nc2ccccc2c(=O)[nH]1)Cc1cc(=O)oc2cc(C)c(C)cc12. The highest BCUT2D eigenvalue weighted by Crippen LogP contribution is 2.23. The van der Waals surface area contributed by atoms with Crippen LogP contribution in [0.5, 0.6) is 0 Å².